The maximum absolute atomic E-state index is 12.7. The molecule has 0 aliphatic carbocycles. The van der Waals surface area contributed by atoms with Crippen LogP contribution in [0.5, 0.6) is 5.88 Å². The number of rotatable bonds is 5. The molecule has 0 N–H and O–H groups in total. The molecule has 0 aliphatic heterocycles. The van der Waals surface area contributed by atoms with Crippen LogP contribution in [0.1, 0.15) is 38.2 Å². The third-order valence-electron chi connectivity index (χ3n) is 3.72. The fourth-order valence-corrected chi connectivity index (χ4v) is 2.48. The summed E-state index contributed by atoms with van der Waals surface area (Å²) in [6.45, 7) is 10.1. The van der Waals surface area contributed by atoms with Gasteiger partial charge in [0.15, 0.2) is 11.6 Å². The van der Waals surface area contributed by atoms with E-state index < -0.39 is 27.0 Å². The Bertz CT molecular complexity index is 563. The maximum Gasteiger partial charge on any atom is 0.408 e. The van der Waals surface area contributed by atoms with Crippen molar-refractivity contribution in [1.29, 1.82) is 0 Å². The fourth-order valence-electron chi connectivity index (χ4n) is 1.48. The standard InChI is InChI=1S/C14H23F3N2O3Si/c1-7-21-12(20)10-8-11(19(18-10)9-14(15,16)17)22-23(5,6)13(2,3)4/h8H,7,9H2,1-6H3. The number of nitrogens with zero attached hydrogens (tertiary/aromatic N) is 2. The van der Waals surface area contributed by atoms with Crippen molar-refractivity contribution in [3.8, 4) is 5.88 Å². The fraction of sp³-hybridized carbons (Fsp3) is 0.714. The van der Waals surface area contributed by atoms with Gasteiger partial charge < -0.3 is 9.16 Å². The van der Waals surface area contributed by atoms with E-state index in [1.54, 1.807) is 6.92 Å². The number of carbonyl (C=O) groups excluding carboxylic acids is 1. The van der Waals surface area contributed by atoms with Crippen LogP contribution in [0.4, 0.5) is 13.2 Å². The van der Waals surface area contributed by atoms with E-state index in [9.17, 15) is 18.0 Å². The number of alkyl halides is 3. The van der Waals surface area contributed by atoms with E-state index in [2.05, 4.69) is 5.10 Å². The summed E-state index contributed by atoms with van der Waals surface area (Å²) in [7, 11) is -2.37. The molecule has 9 heteroatoms. The van der Waals surface area contributed by atoms with Crippen LogP contribution in [-0.4, -0.2) is 36.9 Å². The van der Waals surface area contributed by atoms with Crippen molar-refractivity contribution in [2.45, 2.75) is 58.5 Å². The Hall–Kier alpha value is -1.51. The van der Waals surface area contributed by atoms with E-state index >= 15 is 0 Å². The normalized spacial score (nSPS) is 13.1. The average Bonchev–Trinajstić information content (AvgIpc) is 2.68. The Morgan fingerprint density at radius 2 is 1.87 bits per heavy atom. The summed E-state index contributed by atoms with van der Waals surface area (Å²) in [6.07, 6.45) is -4.47. The third-order valence-corrected chi connectivity index (χ3v) is 8.05. The van der Waals surface area contributed by atoms with Crippen molar-refractivity contribution in [2.75, 3.05) is 6.61 Å². The van der Waals surface area contributed by atoms with Crippen molar-refractivity contribution in [1.82, 2.24) is 9.78 Å². The number of ether oxygens (including phenoxy) is 1. The van der Waals surface area contributed by atoms with Crippen molar-refractivity contribution in [2.24, 2.45) is 0 Å². The van der Waals surface area contributed by atoms with E-state index in [0.717, 1.165) is 0 Å². The van der Waals surface area contributed by atoms with Crippen LogP contribution >= 0.6 is 0 Å². The monoisotopic (exact) mass is 352 g/mol. The summed E-state index contributed by atoms with van der Waals surface area (Å²) in [5.74, 6) is -0.828. The van der Waals surface area contributed by atoms with Crippen molar-refractivity contribution in [3.05, 3.63) is 11.8 Å². The minimum Gasteiger partial charge on any atom is -0.531 e. The Morgan fingerprint density at radius 1 is 1.30 bits per heavy atom. The Balaban J connectivity index is 3.20. The summed E-state index contributed by atoms with van der Waals surface area (Å²) in [4.78, 5) is 11.7. The summed E-state index contributed by atoms with van der Waals surface area (Å²) < 4.78 is 49.5. The highest BCUT2D eigenvalue weighted by molar-refractivity contribution is 6.74. The van der Waals surface area contributed by atoms with E-state index in [1.165, 1.54) is 6.07 Å². The number of esters is 1. The Morgan fingerprint density at radius 3 is 2.30 bits per heavy atom. The van der Waals surface area contributed by atoms with Gasteiger partial charge in [0.05, 0.1) is 6.61 Å². The molecule has 1 aromatic rings. The van der Waals surface area contributed by atoms with E-state index in [4.69, 9.17) is 9.16 Å². The van der Waals surface area contributed by atoms with Crippen LogP contribution in [0.25, 0.3) is 0 Å². The minimum absolute atomic E-state index is 0.0584. The molecule has 0 amide bonds. The Labute approximate surface area is 134 Å². The lowest BCUT2D eigenvalue weighted by Gasteiger charge is -2.36. The number of hydrogen-bond acceptors (Lipinski definition) is 4. The first-order valence-electron chi connectivity index (χ1n) is 7.27. The highest BCUT2D eigenvalue weighted by atomic mass is 28.4. The zero-order valence-corrected chi connectivity index (χ0v) is 15.2. The van der Waals surface area contributed by atoms with Crippen LogP contribution in [0.15, 0.2) is 6.07 Å². The molecule has 0 radical (unpaired) electrons. The lowest BCUT2D eigenvalue weighted by Crippen LogP contribution is -2.44. The highest BCUT2D eigenvalue weighted by Crippen LogP contribution is 2.38. The largest absolute Gasteiger partial charge is 0.531 e. The smallest absolute Gasteiger partial charge is 0.408 e. The molecule has 0 aliphatic rings. The number of aromatic nitrogens is 2. The molecule has 5 nitrogen and oxygen atoms in total. The second-order valence-electron chi connectivity index (χ2n) is 6.72. The molecule has 0 unspecified atom stereocenters. The first kappa shape index (κ1) is 19.5. The molecule has 1 heterocycles. The van der Waals surface area contributed by atoms with Crippen LogP contribution in [-0.2, 0) is 11.3 Å². The van der Waals surface area contributed by atoms with Crippen LogP contribution in [0.3, 0.4) is 0 Å². The van der Waals surface area contributed by atoms with Gasteiger partial charge >= 0.3 is 12.1 Å². The minimum atomic E-state index is -4.47. The van der Waals surface area contributed by atoms with Gasteiger partial charge in [0.1, 0.15) is 6.54 Å². The zero-order valence-electron chi connectivity index (χ0n) is 14.2. The van der Waals surface area contributed by atoms with Crippen molar-refractivity contribution in [3.63, 3.8) is 0 Å². The molecule has 0 fully saturated rings. The molecule has 0 aromatic carbocycles. The van der Waals surface area contributed by atoms with Gasteiger partial charge in [-0.25, -0.2) is 9.48 Å². The van der Waals surface area contributed by atoms with Gasteiger partial charge in [-0.15, -0.1) is 0 Å². The number of carbonyl (C=O) groups is 1. The average molecular weight is 352 g/mol. The molecular formula is C14H23F3N2O3Si. The molecule has 132 valence electrons. The van der Waals surface area contributed by atoms with Crippen molar-refractivity contribution >= 4 is 14.3 Å². The lowest BCUT2D eigenvalue weighted by molar-refractivity contribution is -0.143. The third kappa shape index (κ3) is 5.26. The summed E-state index contributed by atoms with van der Waals surface area (Å²) in [6, 6.07) is 1.21. The van der Waals surface area contributed by atoms with Gasteiger partial charge in [0, 0.05) is 6.07 Å². The van der Waals surface area contributed by atoms with Gasteiger partial charge in [-0.2, -0.15) is 18.3 Å². The molecule has 0 atom stereocenters. The first-order chi connectivity index (χ1) is 10.3. The lowest BCUT2D eigenvalue weighted by atomic mass is 10.2. The SMILES string of the molecule is CCOC(=O)c1cc(O[Si](C)(C)C(C)(C)C)n(CC(F)(F)F)n1. The second-order valence-corrected chi connectivity index (χ2v) is 11.4. The molecule has 0 spiro atoms. The van der Waals surface area contributed by atoms with Crippen molar-refractivity contribution < 1.29 is 27.1 Å². The van der Waals surface area contributed by atoms with Gasteiger partial charge in [-0.1, -0.05) is 20.8 Å². The molecule has 23 heavy (non-hydrogen) atoms. The summed E-state index contributed by atoms with van der Waals surface area (Å²) in [5, 5.41) is 3.50. The summed E-state index contributed by atoms with van der Waals surface area (Å²) >= 11 is 0. The summed E-state index contributed by atoms with van der Waals surface area (Å²) in [5.41, 5.74) is -0.190. The van der Waals surface area contributed by atoms with Gasteiger partial charge in [-0.3, -0.25) is 0 Å². The predicted molar refractivity (Wildman–Crippen MR) is 82.1 cm³/mol. The second kappa shape index (κ2) is 6.54. The molecule has 1 rings (SSSR count). The van der Waals surface area contributed by atoms with Gasteiger partial charge in [0.2, 0.25) is 0 Å². The molecule has 0 saturated carbocycles. The van der Waals surface area contributed by atoms with E-state index in [0.29, 0.717) is 4.68 Å². The van der Waals surface area contributed by atoms with Gasteiger partial charge in [0.25, 0.3) is 8.32 Å². The maximum atomic E-state index is 12.7. The van der Waals surface area contributed by atoms with Crippen LogP contribution < -0.4 is 4.43 Å². The number of hydrogen-bond donors (Lipinski definition) is 0. The van der Waals surface area contributed by atoms with E-state index in [1.807, 2.05) is 33.9 Å². The van der Waals surface area contributed by atoms with Gasteiger partial charge in [-0.05, 0) is 25.1 Å². The molecule has 1 aromatic heterocycles. The van der Waals surface area contributed by atoms with Crippen LogP contribution in [0.2, 0.25) is 18.1 Å². The molecular weight excluding hydrogens is 329 g/mol. The van der Waals surface area contributed by atoms with Crippen LogP contribution in [0, 0.1) is 0 Å². The van der Waals surface area contributed by atoms with E-state index in [-0.39, 0.29) is 23.2 Å². The number of halogens is 3. The zero-order chi connectivity index (χ0) is 18.1. The Kier molecular flexibility index (Phi) is 5.56. The predicted octanol–water partition coefficient (Wildman–Crippen LogP) is 4.01. The quantitative estimate of drug-likeness (QED) is 0.593. The first-order valence-corrected chi connectivity index (χ1v) is 10.2. The molecule has 0 bridgehead atoms. The topological polar surface area (TPSA) is 53.4 Å². The highest BCUT2D eigenvalue weighted by Gasteiger charge is 2.41. The molecule has 0 saturated heterocycles.